The molecule has 0 aliphatic rings. The van der Waals surface area contributed by atoms with Crippen LogP contribution in [0.15, 0.2) is 42.7 Å². The third-order valence-electron chi connectivity index (χ3n) is 2.96. The minimum atomic E-state index is 0.269. The number of hydrogen-bond acceptors (Lipinski definition) is 4. The molecule has 0 spiro atoms. The Kier molecular flexibility index (Phi) is 4.72. The lowest BCUT2D eigenvalue weighted by molar-refractivity contribution is 0.744. The topological polar surface area (TPSA) is 49.8 Å². The number of hydrogen-bond donors (Lipinski definition) is 2. The van der Waals surface area contributed by atoms with Crippen molar-refractivity contribution < 1.29 is 0 Å². The van der Waals surface area contributed by atoms with E-state index in [1.807, 2.05) is 19.1 Å². The summed E-state index contributed by atoms with van der Waals surface area (Å²) in [6.07, 6.45) is 2.59. The first-order valence-corrected chi connectivity index (χ1v) is 6.71. The lowest BCUT2D eigenvalue weighted by Crippen LogP contribution is -2.11. The largest absolute Gasteiger partial charge is 0.370 e. The standard InChI is InChI=1S/C15H20N4/c1-3-13(12-8-6-5-7-9-12)19-15-10-14(16-4-2)17-11-18-15/h5-11,13H,3-4H2,1-2H3,(H2,16,17,18,19). The third kappa shape index (κ3) is 3.68. The van der Waals surface area contributed by atoms with E-state index >= 15 is 0 Å². The molecule has 0 aliphatic heterocycles. The average molecular weight is 256 g/mol. The Balaban J connectivity index is 2.12. The van der Waals surface area contributed by atoms with Crippen molar-refractivity contribution in [1.82, 2.24) is 9.97 Å². The van der Waals surface area contributed by atoms with E-state index in [0.717, 1.165) is 24.6 Å². The average Bonchev–Trinajstić information content (AvgIpc) is 2.46. The second kappa shape index (κ2) is 6.73. The first kappa shape index (κ1) is 13.3. The van der Waals surface area contributed by atoms with Crippen LogP contribution < -0.4 is 10.6 Å². The molecule has 100 valence electrons. The summed E-state index contributed by atoms with van der Waals surface area (Å²) in [4.78, 5) is 8.45. The quantitative estimate of drug-likeness (QED) is 0.831. The van der Waals surface area contributed by atoms with Crippen molar-refractivity contribution in [2.75, 3.05) is 17.2 Å². The first-order valence-electron chi connectivity index (χ1n) is 6.71. The van der Waals surface area contributed by atoms with E-state index in [0.29, 0.717) is 0 Å². The molecule has 1 aromatic carbocycles. The van der Waals surface area contributed by atoms with Gasteiger partial charge in [0.1, 0.15) is 18.0 Å². The van der Waals surface area contributed by atoms with Gasteiger partial charge >= 0.3 is 0 Å². The van der Waals surface area contributed by atoms with Crippen LogP contribution in [-0.2, 0) is 0 Å². The van der Waals surface area contributed by atoms with Crippen molar-refractivity contribution in [3.05, 3.63) is 48.3 Å². The van der Waals surface area contributed by atoms with Crippen LogP contribution in [0.5, 0.6) is 0 Å². The van der Waals surface area contributed by atoms with E-state index in [2.05, 4.69) is 51.8 Å². The Morgan fingerprint density at radius 2 is 1.79 bits per heavy atom. The summed E-state index contributed by atoms with van der Waals surface area (Å²) >= 11 is 0. The molecule has 2 rings (SSSR count). The molecule has 0 amide bonds. The van der Waals surface area contributed by atoms with E-state index < -0.39 is 0 Å². The molecule has 2 N–H and O–H groups in total. The molecule has 0 radical (unpaired) electrons. The zero-order chi connectivity index (χ0) is 13.5. The van der Waals surface area contributed by atoms with E-state index in [-0.39, 0.29) is 6.04 Å². The fraction of sp³-hybridized carbons (Fsp3) is 0.333. The highest BCUT2D eigenvalue weighted by atomic mass is 15.1. The van der Waals surface area contributed by atoms with Gasteiger partial charge in [0.05, 0.1) is 6.04 Å². The van der Waals surface area contributed by atoms with Crippen LogP contribution in [0.1, 0.15) is 31.9 Å². The van der Waals surface area contributed by atoms with Crippen molar-refractivity contribution in [2.45, 2.75) is 26.3 Å². The van der Waals surface area contributed by atoms with Crippen molar-refractivity contribution in [2.24, 2.45) is 0 Å². The highest BCUT2D eigenvalue weighted by Crippen LogP contribution is 2.21. The second-order valence-corrected chi connectivity index (χ2v) is 4.33. The van der Waals surface area contributed by atoms with Gasteiger partial charge in [-0.1, -0.05) is 37.3 Å². The third-order valence-corrected chi connectivity index (χ3v) is 2.96. The molecule has 0 aliphatic carbocycles. The van der Waals surface area contributed by atoms with Gasteiger partial charge in [-0.25, -0.2) is 9.97 Å². The predicted octanol–water partition coefficient (Wildman–Crippen LogP) is 3.47. The van der Waals surface area contributed by atoms with Crippen molar-refractivity contribution in [1.29, 1.82) is 0 Å². The summed E-state index contributed by atoms with van der Waals surface area (Å²) in [5, 5.41) is 6.64. The molecule has 1 heterocycles. The Morgan fingerprint density at radius 3 is 2.47 bits per heavy atom. The Morgan fingerprint density at radius 1 is 1.05 bits per heavy atom. The maximum Gasteiger partial charge on any atom is 0.131 e. The second-order valence-electron chi connectivity index (χ2n) is 4.33. The minimum Gasteiger partial charge on any atom is -0.370 e. The minimum absolute atomic E-state index is 0.269. The number of anilines is 2. The normalized spacial score (nSPS) is 11.9. The van der Waals surface area contributed by atoms with Gasteiger partial charge in [-0.05, 0) is 18.9 Å². The molecular weight excluding hydrogens is 236 g/mol. The van der Waals surface area contributed by atoms with Gasteiger partial charge in [-0.15, -0.1) is 0 Å². The molecule has 0 fully saturated rings. The summed E-state index contributed by atoms with van der Waals surface area (Å²) in [7, 11) is 0. The van der Waals surface area contributed by atoms with Crippen LogP contribution in [0, 0.1) is 0 Å². The van der Waals surface area contributed by atoms with Gasteiger partial charge in [0.25, 0.3) is 0 Å². The van der Waals surface area contributed by atoms with Crippen LogP contribution in [0.3, 0.4) is 0 Å². The van der Waals surface area contributed by atoms with E-state index in [4.69, 9.17) is 0 Å². The van der Waals surface area contributed by atoms with Gasteiger partial charge in [-0.2, -0.15) is 0 Å². The van der Waals surface area contributed by atoms with Gasteiger partial charge < -0.3 is 10.6 Å². The summed E-state index contributed by atoms with van der Waals surface area (Å²) in [6.45, 7) is 5.07. The van der Waals surface area contributed by atoms with Crippen molar-refractivity contribution >= 4 is 11.6 Å². The Labute approximate surface area is 114 Å². The molecule has 4 nitrogen and oxygen atoms in total. The predicted molar refractivity (Wildman–Crippen MR) is 79.3 cm³/mol. The fourth-order valence-corrected chi connectivity index (χ4v) is 2.00. The molecular formula is C15H20N4. The smallest absolute Gasteiger partial charge is 0.131 e. The lowest BCUT2D eigenvalue weighted by Gasteiger charge is -2.18. The lowest BCUT2D eigenvalue weighted by atomic mass is 10.0. The van der Waals surface area contributed by atoms with Crippen molar-refractivity contribution in [3.8, 4) is 0 Å². The first-order chi connectivity index (χ1) is 9.33. The number of nitrogens with zero attached hydrogens (tertiary/aromatic N) is 2. The molecule has 0 saturated heterocycles. The SMILES string of the molecule is CCNc1cc(NC(CC)c2ccccc2)ncn1. The monoisotopic (exact) mass is 256 g/mol. The van der Waals surface area contributed by atoms with Gasteiger partial charge in [0.2, 0.25) is 0 Å². The van der Waals surface area contributed by atoms with Crippen molar-refractivity contribution in [3.63, 3.8) is 0 Å². The molecule has 1 unspecified atom stereocenters. The molecule has 19 heavy (non-hydrogen) atoms. The van der Waals surface area contributed by atoms with E-state index in [1.54, 1.807) is 6.33 Å². The van der Waals surface area contributed by atoms with E-state index in [1.165, 1.54) is 5.56 Å². The zero-order valence-corrected chi connectivity index (χ0v) is 11.4. The molecule has 2 aromatic rings. The highest BCUT2D eigenvalue weighted by molar-refractivity contribution is 5.47. The van der Waals surface area contributed by atoms with Crippen LogP contribution in [-0.4, -0.2) is 16.5 Å². The van der Waals surface area contributed by atoms with Crippen LogP contribution in [0.25, 0.3) is 0 Å². The number of aromatic nitrogens is 2. The molecule has 0 saturated carbocycles. The van der Waals surface area contributed by atoms with E-state index in [9.17, 15) is 0 Å². The zero-order valence-electron chi connectivity index (χ0n) is 11.4. The number of benzene rings is 1. The maximum absolute atomic E-state index is 4.27. The Hall–Kier alpha value is -2.10. The highest BCUT2D eigenvalue weighted by Gasteiger charge is 2.09. The van der Waals surface area contributed by atoms with Gasteiger partial charge in [0, 0.05) is 12.6 Å². The summed E-state index contributed by atoms with van der Waals surface area (Å²) in [5.41, 5.74) is 1.27. The molecule has 4 heteroatoms. The molecule has 0 bridgehead atoms. The summed E-state index contributed by atoms with van der Waals surface area (Å²) in [6, 6.07) is 12.6. The molecule has 1 atom stereocenters. The van der Waals surface area contributed by atoms with Gasteiger partial charge in [0.15, 0.2) is 0 Å². The number of rotatable bonds is 6. The van der Waals surface area contributed by atoms with Crippen LogP contribution in [0.4, 0.5) is 11.6 Å². The maximum atomic E-state index is 4.27. The summed E-state index contributed by atoms with van der Waals surface area (Å²) in [5.74, 6) is 1.70. The van der Waals surface area contributed by atoms with Crippen LogP contribution >= 0.6 is 0 Å². The van der Waals surface area contributed by atoms with Crippen LogP contribution in [0.2, 0.25) is 0 Å². The molecule has 1 aromatic heterocycles. The number of nitrogens with one attached hydrogen (secondary N) is 2. The van der Waals surface area contributed by atoms with Gasteiger partial charge in [-0.3, -0.25) is 0 Å². The summed E-state index contributed by atoms with van der Waals surface area (Å²) < 4.78 is 0. The Bertz CT molecular complexity index is 499. The fourth-order valence-electron chi connectivity index (χ4n) is 2.00.